The second kappa shape index (κ2) is 19.9. The standard InChI is InChI=1S/C40H43N5O8/c41-40(53)42-22-8-14-34(39(51)52)44-38(50)31(23-27-9-2-1-3-10-27)24-33(47)25-43-36(48)20-18-32(46)19-21-37(49)45-26-30-13-5-4-11-28(30)16-17-29-12-6-7-15-35(29)45/h1-7,9-13,15,31,34H,8,14,18-26H2,(H,43,48)(H,44,50)(H,51,52)(H3,41,42,53)/t31-,34+/m1/s1. The average molecular weight is 722 g/mol. The molecule has 2 atom stereocenters. The summed E-state index contributed by atoms with van der Waals surface area (Å²) < 4.78 is 0. The van der Waals surface area contributed by atoms with Crippen molar-refractivity contribution >= 4 is 47.0 Å². The lowest BCUT2D eigenvalue weighted by Gasteiger charge is -2.26. The number of carbonyl (C=O) groups excluding carboxylic acids is 6. The molecule has 0 saturated heterocycles. The van der Waals surface area contributed by atoms with Crippen LogP contribution in [0.25, 0.3) is 0 Å². The normalized spacial score (nSPS) is 12.6. The van der Waals surface area contributed by atoms with Gasteiger partial charge in [-0.15, -0.1) is 0 Å². The molecule has 0 unspecified atom stereocenters. The number of carbonyl (C=O) groups is 7. The van der Waals surface area contributed by atoms with E-state index in [1.165, 1.54) is 0 Å². The van der Waals surface area contributed by atoms with Crippen LogP contribution < -0.4 is 26.6 Å². The van der Waals surface area contributed by atoms with Crippen molar-refractivity contribution in [3.8, 4) is 11.8 Å². The summed E-state index contributed by atoms with van der Waals surface area (Å²) in [5, 5.41) is 17.0. The number of ketones is 2. The van der Waals surface area contributed by atoms with E-state index in [9.17, 15) is 38.7 Å². The van der Waals surface area contributed by atoms with Crippen LogP contribution in [0.5, 0.6) is 0 Å². The number of nitrogens with one attached hydrogen (secondary N) is 3. The van der Waals surface area contributed by atoms with E-state index >= 15 is 0 Å². The summed E-state index contributed by atoms with van der Waals surface area (Å²) in [4.78, 5) is 89.3. The molecule has 1 aliphatic heterocycles. The van der Waals surface area contributed by atoms with Crippen molar-refractivity contribution in [2.75, 3.05) is 18.0 Å². The molecule has 1 heterocycles. The molecule has 0 aromatic heterocycles. The van der Waals surface area contributed by atoms with Crippen molar-refractivity contribution in [3.05, 3.63) is 101 Å². The van der Waals surface area contributed by atoms with E-state index in [2.05, 4.69) is 27.8 Å². The number of primary amides is 1. The Morgan fingerprint density at radius 1 is 0.774 bits per heavy atom. The molecule has 4 rings (SSSR count). The lowest BCUT2D eigenvalue weighted by atomic mass is 9.92. The van der Waals surface area contributed by atoms with Crippen LogP contribution in [0.4, 0.5) is 10.5 Å². The summed E-state index contributed by atoms with van der Waals surface area (Å²) in [5.74, 6) is 1.96. The Labute approximate surface area is 307 Å². The number of carboxylic acid groups (broad SMARTS) is 1. The molecular formula is C40H43N5O8. The Balaban J connectivity index is 1.25. The van der Waals surface area contributed by atoms with Gasteiger partial charge in [0.1, 0.15) is 11.8 Å². The number of rotatable bonds is 19. The van der Waals surface area contributed by atoms with Crippen molar-refractivity contribution in [3.63, 3.8) is 0 Å². The van der Waals surface area contributed by atoms with Gasteiger partial charge in [-0.25, -0.2) is 9.59 Å². The number of aliphatic carboxylic acids is 1. The molecule has 3 aromatic rings. The number of benzene rings is 3. The Morgan fingerprint density at radius 2 is 1.43 bits per heavy atom. The number of amides is 5. The van der Waals surface area contributed by atoms with E-state index in [0.717, 1.165) is 16.7 Å². The third-order valence-electron chi connectivity index (χ3n) is 8.66. The van der Waals surface area contributed by atoms with Crippen LogP contribution in [0.3, 0.4) is 0 Å². The summed E-state index contributed by atoms with van der Waals surface area (Å²) in [5.41, 5.74) is 8.88. The summed E-state index contributed by atoms with van der Waals surface area (Å²) in [6.07, 6.45) is -0.285. The van der Waals surface area contributed by atoms with Gasteiger partial charge < -0.3 is 31.7 Å². The van der Waals surface area contributed by atoms with Crippen molar-refractivity contribution in [2.45, 2.75) is 64.0 Å². The van der Waals surface area contributed by atoms with Gasteiger partial charge in [-0.2, -0.15) is 0 Å². The molecule has 0 radical (unpaired) electrons. The van der Waals surface area contributed by atoms with Crippen molar-refractivity contribution in [2.24, 2.45) is 11.7 Å². The summed E-state index contributed by atoms with van der Waals surface area (Å²) in [7, 11) is 0. The van der Waals surface area contributed by atoms with Gasteiger partial charge in [0.05, 0.1) is 18.8 Å². The van der Waals surface area contributed by atoms with Crippen LogP contribution in [-0.2, 0) is 41.7 Å². The molecule has 5 amide bonds. The second-order valence-electron chi connectivity index (χ2n) is 12.7. The Morgan fingerprint density at radius 3 is 2.17 bits per heavy atom. The Bertz CT molecular complexity index is 1880. The van der Waals surface area contributed by atoms with Crippen LogP contribution in [0.15, 0.2) is 78.9 Å². The molecule has 53 heavy (non-hydrogen) atoms. The van der Waals surface area contributed by atoms with Gasteiger partial charge in [0, 0.05) is 55.7 Å². The fourth-order valence-electron chi connectivity index (χ4n) is 5.82. The molecule has 3 aromatic carbocycles. The number of nitrogens with two attached hydrogens (primary N) is 1. The zero-order valence-electron chi connectivity index (χ0n) is 29.3. The predicted octanol–water partition coefficient (Wildman–Crippen LogP) is 3.01. The van der Waals surface area contributed by atoms with Crippen LogP contribution in [0.2, 0.25) is 0 Å². The van der Waals surface area contributed by atoms with E-state index in [1.54, 1.807) is 35.2 Å². The van der Waals surface area contributed by atoms with E-state index in [-0.39, 0.29) is 76.1 Å². The minimum Gasteiger partial charge on any atom is -0.480 e. The monoisotopic (exact) mass is 721 g/mol. The highest BCUT2D eigenvalue weighted by Gasteiger charge is 2.28. The maximum atomic E-state index is 13.4. The smallest absolute Gasteiger partial charge is 0.326 e. The Kier molecular flexibility index (Phi) is 14.9. The lowest BCUT2D eigenvalue weighted by Crippen LogP contribution is -2.45. The average Bonchev–Trinajstić information content (AvgIpc) is 3.14. The van der Waals surface area contributed by atoms with Crippen molar-refractivity contribution in [1.29, 1.82) is 0 Å². The molecule has 0 fully saturated rings. The molecule has 6 N–H and O–H groups in total. The first kappa shape index (κ1) is 39.5. The van der Waals surface area contributed by atoms with Gasteiger partial charge in [-0.3, -0.25) is 24.0 Å². The first-order chi connectivity index (χ1) is 25.5. The highest BCUT2D eigenvalue weighted by atomic mass is 16.4. The number of carboxylic acids is 1. The number of hydrogen-bond acceptors (Lipinski definition) is 7. The minimum absolute atomic E-state index is 0.0201. The predicted molar refractivity (Wildman–Crippen MR) is 196 cm³/mol. The summed E-state index contributed by atoms with van der Waals surface area (Å²) in [6, 6.07) is 21.8. The number of hydrogen-bond donors (Lipinski definition) is 5. The molecule has 0 aliphatic carbocycles. The van der Waals surface area contributed by atoms with Gasteiger partial charge in [0.25, 0.3) is 0 Å². The summed E-state index contributed by atoms with van der Waals surface area (Å²) >= 11 is 0. The third kappa shape index (κ3) is 12.8. The fraction of sp³-hybridized carbons (Fsp3) is 0.325. The van der Waals surface area contributed by atoms with E-state index in [1.807, 2.05) is 48.5 Å². The molecule has 276 valence electrons. The van der Waals surface area contributed by atoms with Gasteiger partial charge in [-0.05, 0) is 48.6 Å². The highest BCUT2D eigenvalue weighted by molar-refractivity contribution is 5.97. The fourth-order valence-corrected chi connectivity index (χ4v) is 5.82. The molecule has 1 aliphatic rings. The number of urea groups is 1. The molecule has 0 saturated carbocycles. The van der Waals surface area contributed by atoms with Crippen molar-refractivity contribution < 1.29 is 38.7 Å². The van der Waals surface area contributed by atoms with E-state index in [0.29, 0.717) is 17.8 Å². The zero-order valence-corrected chi connectivity index (χ0v) is 29.3. The number of nitrogens with zero attached hydrogens (tertiary/aromatic N) is 1. The zero-order chi connectivity index (χ0) is 38.2. The SMILES string of the molecule is NC(=O)NCCC[C@H](NC(=O)[C@@H](CC(=O)CNC(=O)CCC(=O)CCC(=O)N1Cc2ccccc2C#Cc2ccccc21)Cc1ccccc1)C(=O)O. The lowest BCUT2D eigenvalue weighted by molar-refractivity contribution is -0.142. The molecule has 0 spiro atoms. The van der Waals surface area contributed by atoms with E-state index < -0.39 is 41.6 Å². The maximum absolute atomic E-state index is 13.4. The van der Waals surface area contributed by atoms with Gasteiger partial charge >= 0.3 is 12.0 Å². The molecule has 13 heteroatoms. The van der Waals surface area contributed by atoms with Crippen LogP contribution in [0.1, 0.15) is 67.2 Å². The number of Topliss-reactive ketones (excluding diaryl/α,β-unsaturated/α-hetero) is 2. The molecule has 0 bridgehead atoms. The second-order valence-corrected chi connectivity index (χ2v) is 12.7. The summed E-state index contributed by atoms with van der Waals surface area (Å²) in [6.45, 7) is 0.0445. The van der Waals surface area contributed by atoms with Gasteiger partial charge in [0.2, 0.25) is 17.7 Å². The minimum atomic E-state index is -1.27. The van der Waals surface area contributed by atoms with Crippen LogP contribution in [0, 0.1) is 17.8 Å². The first-order valence-electron chi connectivity index (χ1n) is 17.4. The highest BCUT2D eigenvalue weighted by Crippen LogP contribution is 2.26. The van der Waals surface area contributed by atoms with Gasteiger partial charge in [-0.1, -0.05) is 72.5 Å². The number of para-hydroxylation sites is 1. The quantitative estimate of drug-likeness (QED) is 0.0917. The third-order valence-corrected chi connectivity index (χ3v) is 8.66. The Hall–Kier alpha value is -6.29. The van der Waals surface area contributed by atoms with Crippen molar-refractivity contribution in [1.82, 2.24) is 16.0 Å². The largest absolute Gasteiger partial charge is 0.480 e. The number of fused-ring (bicyclic) bond motifs is 2. The van der Waals surface area contributed by atoms with Gasteiger partial charge in [0.15, 0.2) is 5.78 Å². The van der Waals surface area contributed by atoms with E-state index in [4.69, 9.17) is 5.73 Å². The number of anilines is 1. The first-order valence-corrected chi connectivity index (χ1v) is 17.4. The maximum Gasteiger partial charge on any atom is 0.326 e. The van der Waals surface area contributed by atoms with Crippen LogP contribution >= 0.6 is 0 Å². The molecule has 13 nitrogen and oxygen atoms in total. The molecular weight excluding hydrogens is 678 g/mol. The van der Waals surface area contributed by atoms with Crippen LogP contribution in [-0.4, -0.2) is 65.5 Å². The topological polar surface area (TPSA) is 205 Å².